The SMILES string of the molecule is CCCNCC1(CCc2nccn2C)CCOC1C1CC1. The lowest BCUT2D eigenvalue weighted by Gasteiger charge is -2.35. The largest absolute Gasteiger partial charge is 0.377 e. The van der Waals surface area contributed by atoms with Crippen LogP contribution in [0.4, 0.5) is 0 Å². The van der Waals surface area contributed by atoms with E-state index in [1.165, 1.54) is 37.9 Å². The van der Waals surface area contributed by atoms with Crippen LogP contribution in [0.3, 0.4) is 0 Å². The molecule has 0 spiro atoms. The summed E-state index contributed by atoms with van der Waals surface area (Å²) in [7, 11) is 2.09. The fourth-order valence-electron chi connectivity index (χ4n) is 3.80. The zero-order valence-corrected chi connectivity index (χ0v) is 13.5. The molecular weight excluding hydrogens is 262 g/mol. The van der Waals surface area contributed by atoms with Crippen LogP contribution in [0.25, 0.3) is 0 Å². The van der Waals surface area contributed by atoms with E-state index in [1.54, 1.807) is 0 Å². The Labute approximate surface area is 128 Å². The lowest BCUT2D eigenvalue weighted by atomic mass is 9.75. The van der Waals surface area contributed by atoms with Gasteiger partial charge in [0.05, 0.1) is 6.10 Å². The van der Waals surface area contributed by atoms with Gasteiger partial charge < -0.3 is 14.6 Å². The maximum atomic E-state index is 6.16. The molecule has 2 heterocycles. The van der Waals surface area contributed by atoms with Gasteiger partial charge in [-0.3, -0.25) is 0 Å². The van der Waals surface area contributed by atoms with Crippen molar-refractivity contribution in [3.8, 4) is 0 Å². The summed E-state index contributed by atoms with van der Waals surface area (Å²) in [5.74, 6) is 2.02. The van der Waals surface area contributed by atoms with Gasteiger partial charge in [0.2, 0.25) is 0 Å². The van der Waals surface area contributed by atoms with Crippen LogP contribution >= 0.6 is 0 Å². The molecule has 3 rings (SSSR count). The third-order valence-electron chi connectivity index (χ3n) is 5.22. The molecule has 1 saturated heterocycles. The molecular formula is C17H29N3O. The normalized spacial score (nSPS) is 29.1. The van der Waals surface area contributed by atoms with Crippen LogP contribution in [0, 0.1) is 11.3 Å². The quantitative estimate of drug-likeness (QED) is 0.748. The number of hydrogen-bond donors (Lipinski definition) is 1. The Morgan fingerprint density at radius 2 is 2.33 bits per heavy atom. The minimum Gasteiger partial charge on any atom is -0.377 e. The Balaban J connectivity index is 1.67. The average molecular weight is 291 g/mol. The number of nitrogens with one attached hydrogen (secondary N) is 1. The van der Waals surface area contributed by atoms with Gasteiger partial charge in [0.1, 0.15) is 5.82 Å². The zero-order valence-electron chi connectivity index (χ0n) is 13.5. The minimum atomic E-state index is 0.322. The summed E-state index contributed by atoms with van der Waals surface area (Å²) in [6.45, 7) is 5.39. The molecule has 1 aliphatic heterocycles. The van der Waals surface area contributed by atoms with Gasteiger partial charge in [0.15, 0.2) is 0 Å². The first-order chi connectivity index (χ1) is 10.2. The predicted molar refractivity (Wildman–Crippen MR) is 84.2 cm³/mol. The van der Waals surface area contributed by atoms with Gasteiger partial charge in [0.25, 0.3) is 0 Å². The van der Waals surface area contributed by atoms with E-state index in [-0.39, 0.29) is 0 Å². The summed E-state index contributed by atoms with van der Waals surface area (Å²) in [5, 5.41) is 3.67. The van der Waals surface area contributed by atoms with Crippen molar-refractivity contribution >= 4 is 0 Å². The fraction of sp³-hybridized carbons (Fsp3) is 0.824. The molecule has 21 heavy (non-hydrogen) atoms. The molecule has 0 radical (unpaired) electrons. The summed E-state index contributed by atoms with van der Waals surface area (Å²) in [4.78, 5) is 4.49. The number of imidazole rings is 1. The van der Waals surface area contributed by atoms with Gasteiger partial charge in [0, 0.05) is 44.4 Å². The zero-order chi connectivity index (χ0) is 14.7. The molecule has 1 aliphatic carbocycles. The van der Waals surface area contributed by atoms with E-state index in [0.29, 0.717) is 11.5 Å². The molecule has 0 aromatic carbocycles. The second kappa shape index (κ2) is 6.49. The monoisotopic (exact) mass is 291 g/mol. The Morgan fingerprint density at radius 3 is 3.00 bits per heavy atom. The van der Waals surface area contributed by atoms with Crippen molar-refractivity contribution in [3.05, 3.63) is 18.2 Å². The number of ether oxygens (including phenoxy) is 1. The number of nitrogens with zero attached hydrogens (tertiary/aromatic N) is 2. The lowest BCUT2D eigenvalue weighted by Crippen LogP contribution is -2.42. The molecule has 1 saturated carbocycles. The smallest absolute Gasteiger partial charge is 0.108 e. The standard InChI is InChI=1S/C17H29N3O/c1-3-9-18-13-17(7-6-15-19-10-11-20(15)2)8-12-21-16(17)14-4-5-14/h10-11,14,16,18H,3-9,12-13H2,1-2H3. The van der Waals surface area contributed by atoms with Gasteiger partial charge in [-0.15, -0.1) is 0 Å². The highest BCUT2D eigenvalue weighted by Gasteiger charge is 2.50. The van der Waals surface area contributed by atoms with Crippen molar-refractivity contribution in [1.82, 2.24) is 14.9 Å². The predicted octanol–water partition coefficient (Wildman–Crippen LogP) is 2.54. The molecule has 4 nitrogen and oxygen atoms in total. The number of hydrogen-bond acceptors (Lipinski definition) is 3. The van der Waals surface area contributed by atoms with Crippen molar-refractivity contribution in [3.63, 3.8) is 0 Å². The first-order valence-electron chi connectivity index (χ1n) is 8.54. The van der Waals surface area contributed by atoms with Gasteiger partial charge in [-0.1, -0.05) is 6.92 Å². The molecule has 2 aliphatic rings. The third-order valence-corrected chi connectivity index (χ3v) is 5.22. The molecule has 2 fully saturated rings. The molecule has 4 heteroatoms. The van der Waals surface area contributed by atoms with Crippen LogP contribution in [0.2, 0.25) is 0 Å². The Morgan fingerprint density at radius 1 is 1.48 bits per heavy atom. The molecule has 0 amide bonds. The van der Waals surface area contributed by atoms with E-state index >= 15 is 0 Å². The summed E-state index contributed by atoms with van der Waals surface area (Å²) in [5.41, 5.74) is 0.322. The number of rotatable bonds is 8. The van der Waals surface area contributed by atoms with Crippen molar-refractivity contribution in [2.75, 3.05) is 19.7 Å². The van der Waals surface area contributed by atoms with Crippen LogP contribution in [-0.4, -0.2) is 35.4 Å². The van der Waals surface area contributed by atoms with E-state index in [1.807, 2.05) is 12.4 Å². The van der Waals surface area contributed by atoms with Crippen LogP contribution in [0.5, 0.6) is 0 Å². The maximum absolute atomic E-state index is 6.16. The second-order valence-corrected chi connectivity index (χ2v) is 6.87. The molecule has 2 atom stereocenters. The van der Waals surface area contributed by atoms with Crippen LogP contribution in [0.1, 0.15) is 44.9 Å². The average Bonchev–Trinajstić information content (AvgIpc) is 3.11. The van der Waals surface area contributed by atoms with E-state index in [0.717, 1.165) is 32.0 Å². The Bertz CT molecular complexity index is 455. The highest BCUT2D eigenvalue weighted by atomic mass is 16.5. The minimum absolute atomic E-state index is 0.322. The topological polar surface area (TPSA) is 39.1 Å². The second-order valence-electron chi connectivity index (χ2n) is 6.87. The van der Waals surface area contributed by atoms with Crippen molar-refractivity contribution < 1.29 is 4.74 Å². The molecule has 2 unspecified atom stereocenters. The molecule has 1 N–H and O–H groups in total. The Kier molecular flexibility index (Phi) is 4.65. The summed E-state index contributed by atoms with van der Waals surface area (Å²) in [6.07, 6.45) is 11.8. The van der Waals surface area contributed by atoms with Gasteiger partial charge in [-0.05, 0) is 44.6 Å². The fourth-order valence-corrected chi connectivity index (χ4v) is 3.80. The van der Waals surface area contributed by atoms with Crippen LogP contribution in [0.15, 0.2) is 12.4 Å². The number of aryl methyl sites for hydroxylation is 2. The molecule has 1 aromatic rings. The molecule has 1 aromatic heterocycles. The number of aromatic nitrogens is 2. The lowest BCUT2D eigenvalue weighted by molar-refractivity contribution is 0.0264. The summed E-state index contributed by atoms with van der Waals surface area (Å²) in [6, 6.07) is 0. The third kappa shape index (κ3) is 3.32. The highest BCUT2D eigenvalue weighted by Crippen LogP contribution is 2.49. The maximum Gasteiger partial charge on any atom is 0.108 e. The van der Waals surface area contributed by atoms with E-state index < -0.39 is 0 Å². The van der Waals surface area contributed by atoms with E-state index in [2.05, 4.69) is 28.8 Å². The summed E-state index contributed by atoms with van der Waals surface area (Å²) >= 11 is 0. The van der Waals surface area contributed by atoms with Gasteiger partial charge in [-0.25, -0.2) is 4.98 Å². The van der Waals surface area contributed by atoms with E-state index in [4.69, 9.17) is 4.74 Å². The molecule has 118 valence electrons. The first-order valence-corrected chi connectivity index (χ1v) is 8.54. The Hall–Kier alpha value is -0.870. The van der Waals surface area contributed by atoms with Crippen LogP contribution in [-0.2, 0) is 18.2 Å². The molecule has 0 bridgehead atoms. The summed E-state index contributed by atoms with van der Waals surface area (Å²) < 4.78 is 8.30. The van der Waals surface area contributed by atoms with Gasteiger partial charge >= 0.3 is 0 Å². The highest BCUT2D eigenvalue weighted by molar-refractivity contribution is 5.03. The first kappa shape index (κ1) is 15.0. The van der Waals surface area contributed by atoms with Crippen molar-refractivity contribution in [2.45, 2.75) is 51.6 Å². The van der Waals surface area contributed by atoms with Crippen molar-refractivity contribution in [1.29, 1.82) is 0 Å². The van der Waals surface area contributed by atoms with E-state index in [9.17, 15) is 0 Å². The van der Waals surface area contributed by atoms with Gasteiger partial charge in [-0.2, -0.15) is 0 Å². The van der Waals surface area contributed by atoms with Crippen LogP contribution < -0.4 is 5.32 Å². The van der Waals surface area contributed by atoms with Crippen molar-refractivity contribution in [2.24, 2.45) is 18.4 Å².